The SMILES string of the molecule is COc1cccc([C@@H]2C[C@H](O)CN2C(=O)c2coc(CC3CC3)n2)c1. The average Bonchev–Trinajstić information content (AvgIpc) is 3.16. The van der Waals surface area contributed by atoms with Crippen LogP contribution in [0.25, 0.3) is 0 Å². The summed E-state index contributed by atoms with van der Waals surface area (Å²) in [4.78, 5) is 18.9. The summed E-state index contributed by atoms with van der Waals surface area (Å²) >= 11 is 0. The normalized spacial score (nSPS) is 23.0. The van der Waals surface area contributed by atoms with Crippen LogP contribution < -0.4 is 4.74 Å². The first-order valence-electron chi connectivity index (χ1n) is 8.71. The fourth-order valence-corrected chi connectivity index (χ4v) is 3.42. The van der Waals surface area contributed by atoms with Crippen LogP contribution in [0.15, 0.2) is 34.9 Å². The fourth-order valence-electron chi connectivity index (χ4n) is 3.42. The van der Waals surface area contributed by atoms with Crippen LogP contribution in [0, 0.1) is 5.92 Å². The molecule has 0 bridgehead atoms. The number of hydrogen-bond donors (Lipinski definition) is 1. The van der Waals surface area contributed by atoms with Crippen molar-refractivity contribution in [2.45, 2.75) is 37.8 Å². The summed E-state index contributed by atoms with van der Waals surface area (Å²) in [6.07, 6.45) is 4.62. The van der Waals surface area contributed by atoms with Crippen LogP contribution in [0.3, 0.4) is 0 Å². The molecule has 25 heavy (non-hydrogen) atoms. The number of aliphatic hydroxyl groups excluding tert-OH is 1. The lowest BCUT2D eigenvalue weighted by Gasteiger charge is -2.24. The number of ether oxygens (including phenoxy) is 1. The third kappa shape index (κ3) is 3.39. The zero-order valence-corrected chi connectivity index (χ0v) is 14.2. The molecule has 2 aliphatic rings. The number of rotatable bonds is 5. The van der Waals surface area contributed by atoms with Crippen LogP contribution in [-0.4, -0.2) is 40.7 Å². The fraction of sp³-hybridized carbons (Fsp3) is 0.474. The number of methoxy groups -OCH3 is 1. The quantitative estimate of drug-likeness (QED) is 0.904. The maximum absolute atomic E-state index is 12.9. The highest BCUT2D eigenvalue weighted by molar-refractivity contribution is 5.92. The first-order chi connectivity index (χ1) is 12.1. The molecule has 2 aromatic rings. The summed E-state index contributed by atoms with van der Waals surface area (Å²) < 4.78 is 10.7. The lowest BCUT2D eigenvalue weighted by molar-refractivity contribution is 0.0709. The topological polar surface area (TPSA) is 75.8 Å². The molecule has 1 N–H and O–H groups in total. The van der Waals surface area contributed by atoms with Crippen LogP contribution >= 0.6 is 0 Å². The molecular formula is C19H22N2O4. The van der Waals surface area contributed by atoms with Crippen LogP contribution in [-0.2, 0) is 6.42 Å². The van der Waals surface area contributed by atoms with Crippen molar-refractivity contribution in [1.29, 1.82) is 0 Å². The highest BCUT2D eigenvalue weighted by Gasteiger charge is 2.37. The number of amides is 1. The predicted octanol–water partition coefficient (Wildman–Crippen LogP) is 2.58. The molecule has 0 spiro atoms. The predicted molar refractivity (Wildman–Crippen MR) is 90.3 cm³/mol. The molecule has 1 aliphatic carbocycles. The van der Waals surface area contributed by atoms with E-state index >= 15 is 0 Å². The van der Waals surface area contributed by atoms with E-state index < -0.39 is 6.10 Å². The highest BCUT2D eigenvalue weighted by atomic mass is 16.5. The van der Waals surface area contributed by atoms with Gasteiger partial charge < -0.3 is 19.2 Å². The molecule has 1 aliphatic heterocycles. The minimum atomic E-state index is -0.544. The van der Waals surface area contributed by atoms with Gasteiger partial charge in [-0.1, -0.05) is 12.1 Å². The molecular weight excluding hydrogens is 320 g/mol. The molecule has 1 saturated carbocycles. The van der Waals surface area contributed by atoms with Gasteiger partial charge in [-0.25, -0.2) is 4.98 Å². The first-order valence-corrected chi connectivity index (χ1v) is 8.71. The van der Waals surface area contributed by atoms with Gasteiger partial charge in [0.25, 0.3) is 5.91 Å². The van der Waals surface area contributed by atoms with Gasteiger partial charge >= 0.3 is 0 Å². The molecule has 1 amide bonds. The van der Waals surface area contributed by atoms with Crippen molar-refractivity contribution in [3.8, 4) is 5.75 Å². The number of hydrogen-bond acceptors (Lipinski definition) is 5. The summed E-state index contributed by atoms with van der Waals surface area (Å²) in [6.45, 7) is 0.297. The van der Waals surface area contributed by atoms with Gasteiger partial charge in [-0.2, -0.15) is 0 Å². The van der Waals surface area contributed by atoms with E-state index in [0.717, 1.165) is 17.7 Å². The second kappa shape index (κ2) is 6.52. The van der Waals surface area contributed by atoms with Crippen LogP contribution in [0.2, 0.25) is 0 Å². The molecule has 2 fully saturated rings. The number of nitrogens with zero attached hydrogens (tertiary/aromatic N) is 2. The Hall–Kier alpha value is -2.34. The largest absolute Gasteiger partial charge is 0.497 e. The highest BCUT2D eigenvalue weighted by Crippen LogP contribution is 2.35. The van der Waals surface area contributed by atoms with Crippen molar-refractivity contribution >= 4 is 5.91 Å². The Morgan fingerprint density at radius 2 is 2.28 bits per heavy atom. The Morgan fingerprint density at radius 3 is 3.04 bits per heavy atom. The third-order valence-corrected chi connectivity index (χ3v) is 4.95. The maximum Gasteiger partial charge on any atom is 0.276 e. The second-order valence-electron chi connectivity index (χ2n) is 6.91. The summed E-state index contributed by atoms with van der Waals surface area (Å²) in [5.41, 5.74) is 1.27. The Morgan fingerprint density at radius 1 is 1.44 bits per heavy atom. The number of benzene rings is 1. The van der Waals surface area contributed by atoms with Gasteiger partial charge in [0.05, 0.1) is 19.3 Å². The third-order valence-electron chi connectivity index (χ3n) is 4.95. The molecule has 132 valence electrons. The Kier molecular flexibility index (Phi) is 4.21. The minimum Gasteiger partial charge on any atom is -0.497 e. The van der Waals surface area contributed by atoms with Crippen molar-refractivity contribution in [2.24, 2.45) is 5.92 Å². The number of carbonyl (C=O) groups excluding carboxylic acids is 1. The van der Waals surface area contributed by atoms with E-state index in [9.17, 15) is 9.90 Å². The van der Waals surface area contributed by atoms with Crippen LogP contribution in [0.1, 0.15) is 47.2 Å². The van der Waals surface area contributed by atoms with Gasteiger partial charge in [-0.15, -0.1) is 0 Å². The smallest absolute Gasteiger partial charge is 0.276 e. The van der Waals surface area contributed by atoms with Gasteiger partial charge in [-0.3, -0.25) is 4.79 Å². The monoisotopic (exact) mass is 342 g/mol. The number of aliphatic hydroxyl groups is 1. The van der Waals surface area contributed by atoms with E-state index in [4.69, 9.17) is 9.15 Å². The van der Waals surface area contributed by atoms with Gasteiger partial charge in [0.15, 0.2) is 11.6 Å². The number of oxazole rings is 1. The molecule has 2 heterocycles. The van der Waals surface area contributed by atoms with E-state index in [1.165, 1.54) is 19.1 Å². The number of carbonyl (C=O) groups is 1. The number of β-amino-alcohol motifs (C(OH)–C–C–N with tert-alkyl or cyclic N) is 1. The lowest BCUT2D eigenvalue weighted by atomic mass is 10.0. The minimum absolute atomic E-state index is 0.193. The van der Waals surface area contributed by atoms with Gasteiger partial charge in [0.2, 0.25) is 0 Å². The van der Waals surface area contributed by atoms with E-state index in [0.29, 0.717) is 30.5 Å². The van der Waals surface area contributed by atoms with Crippen LogP contribution in [0.4, 0.5) is 0 Å². The Labute approximate surface area is 146 Å². The van der Waals surface area contributed by atoms with Gasteiger partial charge in [-0.05, 0) is 42.9 Å². The van der Waals surface area contributed by atoms with E-state index in [-0.39, 0.29) is 11.9 Å². The Balaban J connectivity index is 1.55. The number of likely N-dealkylation sites (tertiary alicyclic amines) is 1. The van der Waals surface area contributed by atoms with Crippen molar-refractivity contribution < 1.29 is 19.1 Å². The van der Waals surface area contributed by atoms with Crippen molar-refractivity contribution in [1.82, 2.24) is 9.88 Å². The number of aromatic nitrogens is 1. The average molecular weight is 342 g/mol. The van der Waals surface area contributed by atoms with Crippen molar-refractivity contribution in [3.63, 3.8) is 0 Å². The summed E-state index contributed by atoms with van der Waals surface area (Å²) in [5.74, 6) is 1.82. The van der Waals surface area contributed by atoms with E-state index in [1.54, 1.807) is 12.0 Å². The second-order valence-corrected chi connectivity index (χ2v) is 6.91. The summed E-state index contributed by atoms with van der Waals surface area (Å²) in [7, 11) is 1.61. The van der Waals surface area contributed by atoms with Gasteiger partial charge in [0, 0.05) is 13.0 Å². The summed E-state index contributed by atoms with van der Waals surface area (Å²) in [6, 6.07) is 7.42. The van der Waals surface area contributed by atoms with E-state index in [2.05, 4.69) is 4.98 Å². The molecule has 0 unspecified atom stereocenters. The molecule has 6 heteroatoms. The lowest BCUT2D eigenvalue weighted by Crippen LogP contribution is -2.32. The Bertz CT molecular complexity index is 768. The standard InChI is InChI=1S/C19H22N2O4/c1-24-15-4-2-3-13(8-15)17-9-14(22)10-21(17)19(23)16-11-25-18(20-16)7-12-5-6-12/h2-4,8,11-12,14,17,22H,5-7,9-10H2,1H3/t14-,17-/m0/s1. The summed E-state index contributed by atoms with van der Waals surface area (Å²) in [5, 5.41) is 10.1. The molecule has 1 aromatic carbocycles. The first kappa shape index (κ1) is 16.1. The zero-order chi connectivity index (χ0) is 17.4. The molecule has 6 nitrogen and oxygen atoms in total. The zero-order valence-electron chi connectivity index (χ0n) is 14.2. The van der Waals surface area contributed by atoms with Gasteiger partial charge in [0.1, 0.15) is 12.0 Å². The maximum atomic E-state index is 12.9. The molecule has 2 atom stereocenters. The van der Waals surface area contributed by atoms with Crippen molar-refractivity contribution in [2.75, 3.05) is 13.7 Å². The molecule has 1 aromatic heterocycles. The van der Waals surface area contributed by atoms with E-state index in [1.807, 2.05) is 24.3 Å². The van der Waals surface area contributed by atoms with Crippen molar-refractivity contribution in [3.05, 3.63) is 47.7 Å². The molecule has 4 rings (SSSR count). The molecule has 1 saturated heterocycles. The molecule has 0 radical (unpaired) electrons. The van der Waals surface area contributed by atoms with Crippen LogP contribution in [0.5, 0.6) is 5.75 Å².